The molecular formula is C18H18N4O5S. The molecule has 2 heterocycles. The van der Waals surface area contributed by atoms with E-state index < -0.39 is 22.4 Å². The van der Waals surface area contributed by atoms with Crippen LogP contribution in [0.3, 0.4) is 0 Å². The first-order valence-electron chi connectivity index (χ1n) is 8.44. The lowest BCUT2D eigenvalue weighted by atomic mass is 9.82. The van der Waals surface area contributed by atoms with Gasteiger partial charge in [0.25, 0.3) is 11.2 Å². The molecular weight excluding hydrogens is 384 g/mol. The SMILES string of the molecule is CCOC(=O)C1=C(C)Nc2nc(SC)[nH]c(=O)c2[C@H]1c1cccc([N+](=O)[O-])c1. The fourth-order valence-corrected chi connectivity index (χ4v) is 3.54. The number of hydrogen-bond donors (Lipinski definition) is 2. The van der Waals surface area contributed by atoms with Crippen molar-refractivity contribution in [3.63, 3.8) is 0 Å². The molecule has 28 heavy (non-hydrogen) atoms. The van der Waals surface area contributed by atoms with E-state index in [2.05, 4.69) is 15.3 Å². The highest BCUT2D eigenvalue weighted by Crippen LogP contribution is 2.40. The third-order valence-electron chi connectivity index (χ3n) is 4.32. The average Bonchev–Trinajstić information content (AvgIpc) is 2.66. The van der Waals surface area contributed by atoms with E-state index in [4.69, 9.17) is 4.74 Å². The Kier molecular flexibility index (Phi) is 5.50. The van der Waals surface area contributed by atoms with Gasteiger partial charge in [-0.1, -0.05) is 23.9 Å². The van der Waals surface area contributed by atoms with Gasteiger partial charge in [-0.3, -0.25) is 14.9 Å². The summed E-state index contributed by atoms with van der Waals surface area (Å²) in [6.07, 6.45) is 1.78. The maximum absolute atomic E-state index is 12.8. The van der Waals surface area contributed by atoms with Crippen molar-refractivity contribution in [3.05, 3.63) is 67.1 Å². The summed E-state index contributed by atoms with van der Waals surface area (Å²) in [5.41, 5.74) is 0.790. The Bertz CT molecular complexity index is 1050. The van der Waals surface area contributed by atoms with E-state index >= 15 is 0 Å². The highest BCUT2D eigenvalue weighted by Gasteiger charge is 2.36. The molecule has 0 radical (unpaired) electrons. The summed E-state index contributed by atoms with van der Waals surface area (Å²) in [6, 6.07) is 5.87. The van der Waals surface area contributed by atoms with Crippen LogP contribution in [0.1, 0.15) is 30.9 Å². The summed E-state index contributed by atoms with van der Waals surface area (Å²) in [6.45, 7) is 3.52. The number of nitro groups is 1. The van der Waals surface area contributed by atoms with Gasteiger partial charge in [0.1, 0.15) is 5.82 Å². The number of anilines is 1. The lowest BCUT2D eigenvalue weighted by molar-refractivity contribution is -0.384. The smallest absolute Gasteiger partial charge is 0.336 e. The molecule has 10 heteroatoms. The van der Waals surface area contributed by atoms with Gasteiger partial charge in [0, 0.05) is 17.8 Å². The van der Waals surface area contributed by atoms with E-state index in [1.807, 2.05) is 0 Å². The first-order chi connectivity index (χ1) is 13.4. The number of non-ortho nitro benzene ring substituents is 1. The zero-order chi connectivity index (χ0) is 20.4. The van der Waals surface area contributed by atoms with Crippen LogP contribution in [-0.2, 0) is 9.53 Å². The number of nitro benzene ring substituents is 1. The fraction of sp³-hybridized carbons (Fsp3) is 0.278. The Hall–Kier alpha value is -3.14. The van der Waals surface area contributed by atoms with Gasteiger partial charge >= 0.3 is 5.97 Å². The Morgan fingerprint density at radius 1 is 1.43 bits per heavy atom. The molecule has 1 aromatic heterocycles. The Morgan fingerprint density at radius 2 is 2.18 bits per heavy atom. The lowest BCUT2D eigenvalue weighted by Crippen LogP contribution is -2.31. The molecule has 0 amide bonds. The Balaban J connectivity index is 2.28. The summed E-state index contributed by atoms with van der Waals surface area (Å²) >= 11 is 1.27. The first kappa shape index (κ1) is 19.6. The second kappa shape index (κ2) is 7.85. The molecule has 0 saturated heterocycles. The maximum Gasteiger partial charge on any atom is 0.336 e. The summed E-state index contributed by atoms with van der Waals surface area (Å²) in [5, 5.41) is 14.6. The minimum atomic E-state index is -0.845. The van der Waals surface area contributed by atoms with Crippen molar-refractivity contribution in [2.45, 2.75) is 24.9 Å². The van der Waals surface area contributed by atoms with Gasteiger partial charge in [-0.05, 0) is 25.7 Å². The number of nitrogens with one attached hydrogen (secondary N) is 2. The van der Waals surface area contributed by atoms with Crippen LogP contribution in [0.25, 0.3) is 0 Å². The first-order valence-corrected chi connectivity index (χ1v) is 9.67. The molecule has 0 bridgehead atoms. The quantitative estimate of drug-likeness (QED) is 0.257. The molecule has 3 rings (SSSR count). The molecule has 2 N–H and O–H groups in total. The van der Waals surface area contributed by atoms with Gasteiger partial charge in [0.15, 0.2) is 5.16 Å². The highest BCUT2D eigenvalue weighted by molar-refractivity contribution is 7.98. The molecule has 0 saturated carbocycles. The minimum Gasteiger partial charge on any atom is -0.463 e. The largest absolute Gasteiger partial charge is 0.463 e. The third-order valence-corrected chi connectivity index (χ3v) is 4.90. The van der Waals surface area contributed by atoms with Crippen molar-refractivity contribution in [2.24, 2.45) is 0 Å². The van der Waals surface area contributed by atoms with E-state index in [-0.39, 0.29) is 23.4 Å². The predicted molar refractivity (Wildman–Crippen MR) is 105 cm³/mol. The molecule has 0 unspecified atom stereocenters. The van der Waals surface area contributed by atoms with Crippen molar-refractivity contribution in [1.29, 1.82) is 0 Å². The topological polar surface area (TPSA) is 127 Å². The molecule has 146 valence electrons. The number of carbonyl (C=O) groups excluding carboxylic acids is 1. The van der Waals surface area contributed by atoms with Gasteiger partial charge in [0.2, 0.25) is 0 Å². The van der Waals surface area contributed by atoms with E-state index in [1.54, 1.807) is 26.2 Å². The van der Waals surface area contributed by atoms with Crippen molar-refractivity contribution >= 4 is 29.2 Å². The van der Waals surface area contributed by atoms with Gasteiger partial charge < -0.3 is 15.0 Å². The van der Waals surface area contributed by atoms with E-state index in [1.165, 1.54) is 30.0 Å². The Morgan fingerprint density at radius 3 is 2.82 bits per heavy atom. The number of aromatic nitrogens is 2. The normalized spacial score (nSPS) is 15.6. The number of esters is 1. The van der Waals surface area contributed by atoms with Crippen molar-refractivity contribution < 1.29 is 14.5 Å². The van der Waals surface area contributed by atoms with Crippen LogP contribution in [0.15, 0.2) is 45.5 Å². The van der Waals surface area contributed by atoms with E-state index in [0.29, 0.717) is 22.2 Å². The zero-order valence-electron chi connectivity index (χ0n) is 15.4. The van der Waals surface area contributed by atoms with Crippen LogP contribution in [0.2, 0.25) is 0 Å². The predicted octanol–water partition coefficient (Wildman–Crippen LogP) is 2.79. The van der Waals surface area contributed by atoms with Gasteiger partial charge in [-0.25, -0.2) is 9.78 Å². The van der Waals surface area contributed by atoms with Crippen molar-refractivity contribution in [1.82, 2.24) is 9.97 Å². The standard InChI is InChI=1S/C18H18N4O5S/c1-4-27-17(24)12-9(2)19-15-14(16(23)21-18(20-15)28-3)13(12)10-6-5-7-11(8-10)22(25)26/h5-8,13H,4H2,1-3H3,(H2,19,20,21,23)/t13-/m0/s1. The zero-order valence-corrected chi connectivity index (χ0v) is 16.3. The van der Waals surface area contributed by atoms with Gasteiger partial charge in [-0.2, -0.15) is 0 Å². The van der Waals surface area contributed by atoms with Gasteiger partial charge in [0.05, 0.1) is 28.6 Å². The number of aromatic amines is 1. The number of hydrogen-bond acceptors (Lipinski definition) is 8. The number of allylic oxidation sites excluding steroid dienone is 1. The van der Waals surface area contributed by atoms with E-state index in [0.717, 1.165) is 0 Å². The van der Waals surface area contributed by atoms with Crippen LogP contribution in [-0.4, -0.2) is 33.7 Å². The minimum absolute atomic E-state index is 0.136. The van der Waals surface area contributed by atoms with Crippen LogP contribution in [0.4, 0.5) is 11.5 Å². The molecule has 1 atom stereocenters. The van der Waals surface area contributed by atoms with Crippen molar-refractivity contribution in [2.75, 3.05) is 18.2 Å². The summed E-state index contributed by atoms with van der Waals surface area (Å²) in [4.78, 5) is 43.3. The number of carbonyl (C=O) groups is 1. The number of thioether (sulfide) groups is 1. The number of rotatable bonds is 5. The monoisotopic (exact) mass is 402 g/mol. The number of nitrogens with zero attached hydrogens (tertiary/aromatic N) is 2. The molecule has 9 nitrogen and oxygen atoms in total. The molecule has 0 spiro atoms. The molecule has 0 aliphatic carbocycles. The third kappa shape index (κ3) is 3.50. The average molecular weight is 402 g/mol. The fourth-order valence-electron chi connectivity index (χ4n) is 3.16. The number of benzene rings is 1. The number of ether oxygens (including phenoxy) is 1. The lowest BCUT2D eigenvalue weighted by Gasteiger charge is -2.28. The summed E-state index contributed by atoms with van der Waals surface area (Å²) in [7, 11) is 0. The highest BCUT2D eigenvalue weighted by atomic mass is 32.2. The van der Waals surface area contributed by atoms with Crippen LogP contribution in [0.5, 0.6) is 0 Å². The second-order valence-corrected chi connectivity index (χ2v) is 6.80. The molecule has 0 fully saturated rings. The van der Waals surface area contributed by atoms with E-state index in [9.17, 15) is 19.7 Å². The summed E-state index contributed by atoms with van der Waals surface area (Å²) in [5.74, 6) is -1.12. The van der Waals surface area contributed by atoms with Crippen molar-refractivity contribution in [3.8, 4) is 0 Å². The van der Waals surface area contributed by atoms with Crippen LogP contribution >= 0.6 is 11.8 Å². The molecule has 1 aliphatic heterocycles. The molecule has 2 aromatic rings. The van der Waals surface area contributed by atoms with Crippen LogP contribution in [0, 0.1) is 10.1 Å². The summed E-state index contributed by atoms with van der Waals surface area (Å²) < 4.78 is 5.17. The van der Waals surface area contributed by atoms with Gasteiger partial charge in [-0.15, -0.1) is 0 Å². The van der Waals surface area contributed by atoms with Crippen LogP contribution < -0.4 is 10.9 Å². The molecule has 1 aromatic carbocycles. The Labute approximate surface area is 164 Å². The second-order valence-electron chi connectivity index (χ2n) is 6.01. The maximum atomic E-state index is 12.8. The number of fused-ring (bicyclic) bond motifs is 1. The molecule has 1 aliphatic rings. The number of H-pyrrole nitrogens is 1.